The fourth-order valence-electron chi connectivity index (χ4n) is 9.05. The molecule has 0 amide bonds. The Morgan fingerprint density at radius 3 is 2.12 bits per heavy atom. The number of aliphatic hydroxyl groups is 1. The molecule has 0 radical (unpaired) electrons. The molecule has 3 heteroatoms. The van der Waals surface area contributed by atoms with Crippen molar-refractivity contribution >= 4 is 18.7 Å². The van der Waals surface area contributed by atoms with Gasteiger partial charge < -0.3 is 9.53 Å². The first-order valence-electron chi connectivity index (χ1n) is 17.0. The standard InChI is InChI=1S/C40H60O2Si/c1-31(26-29-40(41)33(3)24-25-36-38(7,8)27-17-28-39(36,40)9)18-16-19-32(2)30-42-43(37(4,5)6,34-20-12-10-13-21-34)35-22-14-11-15-23-35/h10-16,18-23,32-33,36,41H,17,24-30H2,1-9H3/b19-16+,31-18-/t32-,33+,36-,39-,40+/m0/s1. The van der Waals surface area contributed by atoms with Gasteiger partial charge in [0.1, 0.15) is 0 Å². The van der Waals surface area contributed by atoms with Crippen LogP contribution in [0, 0.1) is 28.6 Å². The first-order valence-corrected chi connectivity index (χ1v) is 18.9. The molecule has 0 aromatic heterocycles. The second-order valence-electron chi connectivity index (χ2n) is 16.1. The van der Waals surface area contributed by atoms with E-state index >= 15 is 0 Å². The summed E-state index contributed by atoms with van der Waals surface area (Å²) < 4.78 is 7.15. The van der Waals surface area contributed by atoms with Crippen LogP contribution in [0.1, 0.15) is 107 Å². The summed E-state index contributed by atoms with van der Waals surface area (Å²) in [6.45, 7) is 21.8. The highest BCUT2D eigenvalue weighted by atomic mass is 28.4. The molecule has 0 spiro atoms. The van der Waals surface area contributed by atoms with Crippen LogP contribution in [0.3, 0.4) is 0 Å². The smallest absolute Gasteiger partial charge is 0.261 e. The Bertz CT molecular complexity index is 1200. The molecule has 2 nitrogen and oxygen atoms in total. The Kier molecular flexibility index (Phi) is 10.4. The monoisotopic (exact) mass is 600 g/mol. The van der Waals surface area contributed by atoms with Crippen LogP contribution in [-0.4, -0.2) is 25.6 Å². The lowest BCUT2D eigenvalue weighted by Crippen LogP contribution is -2.66. The van der Waals surface area contributed by atoms with Crippen LogP contribution in [-0.2, 0) is 4.43 Å². The second-order valence-corrected chi connectivity index (χ2v) is 20.4. The van der Waals surface area contributed by atoms with Crippen LogP contribution in [0.25, 0.3) is 0 Å². The Morgan fingerprint density at radius 1 is 0.977 bits per heavy atom. The minimum absolute atomic E-state index is 0.00926. The van der Waals surface area contributed by atoms with Gasteiger partial charge in [-0.25, -0.2) is 0 Å². The van der Waals surface area contributed by atoms with E-state index in [1.165, 1.54) is 35.2 Å². The van der Waals surface area contributed by atoms with Crippen LogP contribution >= 0.6 is 0 Å². The van der Waals surface area contributed by atoms with Gasteiger partial charge in [0.05, 0.1) is 5.60 Å². The molecule has 0 saturated heterocycles. The normalized spacial score (nSPS) is 28.9. The first kappa shape index (κ1) is 33.9. The van der Waals surface area contributed by atoms with Gasteiger partial charge in [-0.2, -0.15) is 0 Å². The summed E-state index contributed by atoms with van der Waals surface area (Å²) in [5.41, 5.74) is 1.08. The van der Waals surface area contributed by atoms with Crippen molar-refractivity contribution in [3.8, 4) is 0 Å². The number of rotatable bonds is 10. The Morgan fingerprint density at radius 2 is 1.56 bits per heavy atom. The third-order valence-electron chi connectivity index (χ3n) is 11.6. The van der Waals surface area contributed by atoms with Gasteiger partial charge in [0.25, 0.3) is 8.32 Å². The van der Waals surface area contributed by atoms with E-state index in [9.17, 15) is 5.11 Å². The summed E-state index contributed by atoms with van der Waals surface area (Å²) in [5.74, 6) is 1.25. The number of hydrogen-bond acceptors (Lipinski definition) is 2. The van der Waals surface area contributed by atoms with Crippen molar-refractivity contribution in [3.63, 3.8) is 0 Å². The van der Waals surface area contributed by atoms with Crippen LogP contribution in [0.2, 0.25) is 5.04 Å². The molecule has 236 valence electrons. The van der Waals surface area contributed by atoms with Crippen molar-refractivity contribution in [2.24, 2.45) is 28.6 Å². The van der Waals surface area contributed by atoms with E-state index in [0.29, 0.717) is 23.9 Å². The van der Waals surface area contributed by atoms with Gasteiger partial charge in [0.15, 0.2) is 0 Å². The molecular formula is C40H60O2Si. The molecule has 2 saturated carbocycles. The molecule has 1 N–H and O–H groups in total. The molecular weight excluding hydrogens is 541 g/mol. The summed E-state index contributed by atoms with van der Waals surface area (Å²) in [6, 6.07) is 21.8. The minimum atomic E-state index is -2.53. The first-order chi connectivity index (χ1) is 20.2. The highest BCUT2D eigenvalue weighted by Crippen LogP contribution is 2.63. The zero-order chi connectivity index (χ0) is 31.5. The highest BCUT2D eigenvalue weighted by Gasteiger charge is 2.60. The van der Waals surface area contributed by atoms with Gasteiger partial charge in [-0.3, -0.25) is 0 Å². The van der Waals surface area contributed by atoms with Crippen molar-refractivity contribution in [2.45, 2.75) is 118 Å². The van der Waals surface area contributed by atoms with Crippen LogP contribution < -0.4 is 10.4 Å². The molecule has 2 fully saturated rings. The topological polar surface area (TPSA) is 29.5 Å². The van der Waals surface area contributed by atoms with E-state index < -0.39 is 13.9 Å². The van der Waals surface area contributed by atoms with Gasteiger partial charge in [-0.15, -0.1) is 0 Å². The third-order valence-corrected chi connectivity index (χ3v) is 16.6. The molecule has 2 aromatic rings. The maximum absolute atomic E-state index is 12.3. The molecule has 2 aliphatic rings. The Balaban J connectivity index is 1.45. The van der Waals surface area contributed by atoms with Crippen molar-refractivity contribution in [1.29, 1.82) is 0 Å². The van der Waals surface area contributed by atoms with Gasteiger partial charge in [0.2, 0.25) is 0 Å². The number of fused-ring (bicyclic) bond motifs is 1. The molecule has 0 bridgehead atoms. The molecule has 2 aromatic carbocycles. The van der Waals surface area contributed by atoms with Crippen molar-refractivity contribution < 1.29 is 9.53 Å². The van der Waals surface area contributed by atoms with E-state index in [1.807, 2.05) is 0 Å². The number of benzene rings is 2. The zero-order valence-electron chi connectivity index (χ0n) is 28.7. The van der Waals surface area contributed by atoms with Crippen molar-refractivity contribution in [2.75, 3.05) is 6.61 Å². The molecule has 5 atom stereocenters. The van der Waals surface area contributed by atoms with Gasteiger partial charge in [0, 0.05) is 6.61 Å². The maximum atomic E-state index is 12.3. The molecule has 0 heterocycles. The summed E-state index contributed by atoms with van der Waals surface area (Å²) in [6.07, 6.45) is 14.7. The summed E-state index contributed by atoms with van der Waals surface area (Å²) in [5, 5.41) is 15.0. The second kappa shape index (κ2) is 13.2. The van der Waals surface area contributed by atoms with E-state index in [4.69, 9.17) is 4.43 Å². The predicted octanol–water partition coefficient (Wildman–Crippen LogP) is 9.48. The zero-order valence-corrected chi connectivity index (χ0v) is 29.7. The van der Waals surface area contributed by atoms with Crippen LogP contribution in [0.15, 0.2) is 84.5 Å². The molecule has 0 aliphatic heterocycles. The van der Waals surface area contributed by atoms with Crippen LogP contribution in [0.5, 0.6) is 0 Å². The molecule has 0 unspecified atom stereocenters. The maximum Gasteiger partial charge on any atom is 0.261 e. The third kappa shape index (κ3) is 6.70. The Labute approximate surface area is 265 Å². The van der Waals surface area contributed by atoms with Gasteiger partial charge in [-0.1, -0.05) is 146 Å². The number of allylic oxidation sites excluding steroid dienone is 3. The molecule has 2 aliphatic carbocycles. The average molecular weight is 601 g/mol. The fraction of sp³-hybridized carbons (Fsp3) is 0.600. The van der Waals surface area contributed by atoms with E-state index in [2.05, 4.69) is 141 Å². The van der Waals surface area contributed by atoms with Crippen molar-refractivity contribution in [3.05, 3.63) is 84.5 Å². The fourth-order valence-corrected chi connectivity index (χ4v) is 13.7. The lowest BCUT2D eigenvalue weighted by Gasteiger charge is -2.63. The van der Waals surface area contributed by atoms with Gasteiger partial charge >= 0.3 is 0 Å². The van der Waals surface area contributed by atoms with Crippen LogP contribution in [0.4, 0.5) is 0 Å². The quantitative estimate of drug-likeness (QED) is 0.217. The highest BCUT2D eigenvalue weighted by molar-refractivity contribution is 6.99. The van der Waals surface area contributed by atoms with E-state index in [1.54, 1.807) is 0 Å². The average Bonchev–Trinajstić information content (AvgIpc) is 2.95. The SMILES string of the molecule is C/C(=C/C=C/[C@H](C)CO[Si](c1ccccc1)(c1ccccc1)C(C)(C)C)CC[C@@]1(O)[C@H](C)CC[C@H]2C(C)(C)CCC[C@@]21C. The van der Waals surface area contributed by atoms with Crippen molar-refractivity contribution in [1.82, 2.24) is 0 Å². The van der Waals surface area contributed by atoms with Gasteiger partial charge in [-0.05, 0) is 89.4 Å². The summed E-state index contributed by atoms with van der Waals surface area (Å²) >= 11 is 0. The summed E-state index contributed by atoms with van der Waals surface area (Å²) in [7, 11) is -2.53. The lowest BCUT2D eigenvalue weighted by molar-refractivity contribution is -0.211. The largest absolute Gasteiger partial charge is 0.407 e. The molecule has 4 rings (SSSR count). The molecule has 43 heavy (non-hydrogen) atoms. The van der Waals surface area contributed by atoms with E-state index in [-0.39, 0.29) is 16.4 Å². The predicted molar refractivity (Wildman–Crippen MR) is 187 cm³/mol. The number of hydrogen-bond donors (Lipinski definition) is 1. The Hall–Kier alpha value is -1.94. The minimum Gasteiger partial charge on any atom is -0.407 e. The lowest BCUT2D eigenvalue weighted by atomic mass is 9.44. The summed E-state index contributed by atoms with van der Waals surface area (Å²) in [4.78, 5) is 0. The van der Waals surface area contributed by atoms with E-state index in [0.717, 1.165) is 25.7 Å².